The summed E-state index contributed by atoms with van der Waals surface area (Å²) in [5.74, 6) is 1.12. The number of rotatable bonds is 4. The van der Waals surface area contributed by atoms with Gasteiger partial charge in [-0.05, 0) is 12.1 Å². The van der Waals surface area contributed by atoms with Crippen molar-refractivity contribution < 1.29 is 9.47 Å². The molecule has 18 heavy (non-hydrogen) atoms. The molecule has 0 spiro atoms. The summed E-state index contributed by atoms with van der Waals surface area (Å²) in [4.78, 5) is 18.3. The van der Waals surface area contributed by atoms with Crippen molar-refractivity contribution in [3.63, 3.8) is 0 Å². The van der Waals surface area contributed by atoms with E-state index in [1.54, 1.807) is 25.4 Å². The lowest BCUT2D eigenvalue weighted by molar-refractivity contribution is 0.380. The fraction of sp³-hybridized carbons (Fsp3) is 0.231. The van der Waals surface area contributed by atoms with Gasteiger partial charge in [0.15, 0.2) is 0 Å². The number of pyridine rings is 2. The van der Waals surface area contributed by atoms with Crippen molar-refractivity contribution >= 4 is 0 Å². The first kappa shape index (κ1) is 12.2. The molecule has 0 fully saturated rings. The van der Waals surface area contributed by atoms with Crippen LogP contribution in [0.1, 0.15) is 11.1 Å². The van der Waals surface area contributed by atoms with Crippen LogP contribution in [0.25, 0.3) is 0 Å². The van der Waals surface area contributed by atoms with Gasteiger partial charge in [-0.2, -0.15) is 0 Å². The molecule has 1 radical (unpaired) electrons. The van der Waals surface area contributed by atoms with Crippen LogP contribution >= 0.6 is 0 Å². The summed E-state index contributed by atoms with van der Waals surface area (Å²) in [5.41, 5.74) is 1.30. The second kappa shape index (κ2) is 5.35. The molecule has 0 aliphatic rings. The molecule has 0 atom stereocenters. The van der Waals surface area contributed by atoms with E-state index < -0.39 is 0 Å². The molecule has 0 aliphatic carbocycles. The van der Waals surface area contributed by atoms with Crippen molar-refractivity contribution in [2.24, 2.45) is 0 Å². The molecule has 1 N–H and O–H groups in total. The van der Waals surface area contributed by atoms with Crippen molar-refractivity contribution in [3.8, 4) is 11.6 Å². The molecule has 0 aromatic carbocycles. The number of hydrogen-bond acceptors (Lipinski definition) is 4. The number of aromatic nitrogens is 2. The molecule has 0 unspecified atom stereocenters. The van der Waals surface area contributed by atoms with Gasteiger partial charge in [0.05, 0.1) is 14.2 Å². The third-order valence-corrected chi connectivity index (χ3v) is 2.56. The lowest BCUT2D eigenvalue weighted by Crippen LogP contribution is -2.12. The van der Waals surface area contributed by atoms with Gasteiger partial charge >= 0.3 is 0 Å². The van der Waals surface area contributed by atoms with E-state index >= 15 is 0 Å². The summed E-state index contributed by atoms with van der Waals surface area (Å²) >= 11 is 0. The lowest BCUT2D eigenvalue weighted by Gasteiger charge is -2.09. The van der Waals surface area contributed by atoms with Crippen molar-refractivity contribution in [2.75, 3.05) is 14.2 Å². The summed E-state index contributed by atoms with van der Waals surface area (Å²) in [5, 5.41) is 0. The maximum absolute atomic E-state index is 11.6. The SMILES string of the molecule is COc1cc(OC)c(Cc2c[c]c[nH]c2=O)cn1. The van der Waals surface area contributed by atoms with Crippen LogP contribution in [0.3, 0.4) is 0 Å². The maximum atomic E-state index is 11.6. The van der Waals surface area contributed by atoms with Crippen LogP contribution in [0, 0.1) is 6.07 Å². The molecule has 93 valence electrons. The van der Waals surface area contributed by atoms with Gasteiger partial charge in [0.2, 0.25) is 5.88 Å². The Hall–Kier alpha value is -2.30. The number of nitrogens with zero attached hydrogens (tertiary/aromatic N) is 1. The molecular formula is C13H13N2O3. The van der Waals surface area contributed by atoms with Crippen molar-refractivity contribution in [1.29, 1.82) is 0 Å². The molecule has 2 heterocycles. The van der Waals surface area contributed by atoms with E-state index in [9.17, 15) is 4.79 Å². The number of ether oxygens (including phenoxy) is 2. The minimum Gasteiger partial charge on any atom is -0.496 e. The first-order chi connectivity index (χ1) is 8.74. The highest BCUT2D eigenvalue weighted by Crippen LogP contribution is 2.23. The van der Waals surface area contributed by atoms with E-state index in [-0.39, 0.29) is 5.56 Å². The van der Waals surface area contributed by atoms with Gasteiger partial charge in [-0.1, -0.05) is 0 Å². The molecule has 2 aromatic heterocycles. The van der Waals surface area contributed by atoms with E-state index in [1.807, 2.05) is 0 Å². The fourth-order valence-corrected chi connectivity index (χ4v) is 1.63. The molecule has 0 saturated heterocycles. The monoisotopic (exact) mass is 245 g/mol. The van der Waals surface area contributed by atoms with E-state index in [0.29, 0.717) is 23.6 Å². The molecule has 0 amide bonds. The number of aromatic amines is 1. The predicted octanol–water partition coefficient (Wildman–Crippen LogP) is 1.18. The summed E-state index contributed by atoms with van der Waals surface area (Å²) in [6, 6.07) is 6.19. The zero-order valence-electron chi connectivity index (χ0n) is 10.2. The largest absolute Gasteiger partial charge is 0.496 e. The van der Waals surface area contributed by atoms with Crippen molar-refractivity contribution in [3.05, 3.63) is 52.1 Å². The Balaban J connectivity index is 2.35. The van der Waals surface area contributed by atoms with Gasteiger partial charge in [-0.3, -0.25) is 4.79 Å². The van der Waals surface area contributed by atoms with E-state index in [2.05, 4.69) is 16.0 Å². The highest BCUT2D eigenvalue weighted by molar-refractivity contribution is 5.38. The van der Waals surface area contributed by atoms with Crippen LogP contribution in [0.5, 0.6) is 11.6 Å². The van der Waals surface area contributed by atoms with Crippen LogP contribution in [0.2, 0.25) is 0 Å². The van der Waals surface area contributed by atoms with Crippen LogP contribution in [0.15, 0.2) is 29.3 Å². The smallest absolute Gasteiger partial charge is 0.251 e. The Morgan fingerprint density at radius 1 is 1.33 bits per heavy atom. The molecule has 0 aliphatic heterocycles. The summed E-state index contributed by atoms with van der Waals surface area (Å²) in [6.45, 7) is 0. The second-order valence-corrected chi connectivity index (χ2v) is 3.67. The fourth-order valence-electron chi connectivity index (χ4n) is 1.63. The Labute approximate surface area is 104 Å². The molecule has 0 saturated carbocycles. The number of H-pyrrole nitrogens is 1. The predicted molar refractivity (Wildman–Crippen MR) is 66.0 cm³/mol. The lowest BCUT2D eigenvalue weighted by atomic mass is 10.1. The van der Waals surface area contributed by atoms with Crippen molar-refractivity contribution in [2.45, 2.75) is 6.42 Å². The summed E-state index contributed by atoms with van der Waals surface area (Å²) in [7, 11) is 3.11. The number of nitrogens with one attached hydrogen (secondary N) is 1. The van der Waals surface area contributed by atoms with Gasteiger partial charge in [0.1, 0.15) is 5.75 Å². The molecule has 2 aromatic rings. The maximum Gasteiger partial charge on any atom is 0.251 e. The zero-order valence-corrected chi connectivity index (χ0v) is 10.2. The van der Waals surface area contributed by atoms with Gasteiger partial charge in [-0.15, -0.1) is 0 Å². The summed E-state index contributed by atoms with van der Waals surface area (Å²) < 4.78 is 10.3. The average Bonchev–Trinajstić information content (AvgIpc) is 2.41. The number of hydrogen-bond donors (Lipinski definition) is 1. The minimum atomic E-state index is -0.133. The van der Waals surface area contributed by atoms with Crippen LogP contribution in [0.4, 0.5) is 0 Å². The van der Waals surface area contributed by atoms with Crippen LogP contribution in [-0.2, 0) is 6.42 Å². The van der Waals surface area contributed by atoms with Crippen molar-refractivity contribution in [1.82, 2.24) is 9.97 Å². The Morgan fingerprint density at radius 3 is 2.83 bits per heavy atom. The third kappa shape index (κ3) is 2.51. The normalized spacial score (nSPS) is 10.1. The van der Waals surface area contributed by atoms with Crippen LogP contribution < -0.4 is 15.0 Å². The Bertz CT molecular complexity index is 593. The molecule has 5 heteroatoms. The van der Waals surface area contributed by atoms with Crippen LogP contribution in [-0.4, -0.2) is 24.2 Å². The standard InChI is InChI=1S/C13H13N2O3/c1-17-11-7-12(18-2)15-8-10(11)6-9-4-3-5-14-13(9)16/h4-5,7-8H,6H2,1-2H3,(H,14,16). The van der Waals surface area contributed by atoms with Gasteiger partial charge < -0.3 is 14.5 Å². The van der Waals surface area contributed by atoms with E-state index in [0.717, 1.165) is 5.56 Å². The average molecular weight is 245 g/mol. The highest BCUT2D eigenvalue weighted by Gasteiger charge is 2.08. The van der Waals surface area contributed by atoms with Gasteiger partial charge in [-0.25, -0.2) is 4.98 Å². The molecule has 0 bridgehead atoms. The topological polar surface area (TPSA) is 64.2 Å². The first-order valence-electron chi connectivity index (χ1n) is 5.39. The van der Waals surface area contributed by atoms with Gasteiger partial charge in [0.25, 0.3) is 5.56 Å². The highest BCUT2D eigenvalue weighted by atomic mass is 16.5. The quantitative estimate of drug-likeness (QED) is 0.878. The van der Waals surface area contributed by atoms with Gasteiger partial charge in [0, 0.05) is 36.0 Å². The molecule has 2 rings (SSSR count). The summed E-state index contributed by atoms with van der Waals surface area (Å²) in [6.07, 6.45) is 3.56. The zero-order chi connectivity index (χ0) is 13.0. The Kier molecular flexibility index (Phi) is 3.62. The minimum absolute atomic E-state index is 0.133. The first-order valence-corrected chi connectivity index (χ1v) is 5.39. The van der Waals surface area contributed by atoms with E-state index in [4.69, 9.17) is 9.47 Å². The number of methoxy groups -OCH3 is 2. The molecular weight excluding hydrogens is 232 g/mol. The Morgan fingerprint density at radius 2 is 2.17 bits per heavy atom. The van der Waals surface area contributed by atoms with E-state index in [1.165, 1.54) is 13.3 Å². The third-order valence-electron chi connectivity index (χ3n) is 2.56. The molecule has 5 nitrogen and oxygen atoms in total. The second-order valence-electron chi connectivity index (χ2n) is 3.67.